The predicted octanol–water partition coefficient (Wildman–Crippen LogP) is 3.24. The van der Waals surface area contributed by atoms with Crippen molar-refractivity contribution in [1.29, 1.82) is 0 Å². The molecule has 26 heavy (non-hydrogen) atoms. The molecule has 0 aliphatic rings. The van der Waals surface area contributed by atoms with Crippen molar-refractivity contribution in [3.63, 3.8) is 0 Å². The van der Waals surface area contributed by atoms with Crippen LogP contribution in [-0.2, 0) is 13.1 Å². The maximum atomic E-state index is 12.8. The van der Waals surface area contributed by atoms with Gasteiger partial charge in [0.25, 0.3) is 11.5 Å². The molecule has 1 amide bonds. The summed E-state index contributed by atoms with van der Waals surface area (Å²) < 4.78 is 1.57. The van der Waals surface area contributed by atoms with Crippen LogP contribution < -0.4 is 5.56 Å². The first-order valence-electron chi connectivity index (χ1n) is 8.35. The molecule has 0 fully saturated rings. The van der Waals surface area contributed by atoms with Gasteiger partial charge >= 0.3 is 0 Å². The van der Waals surface area contributed by atoms with E-state index < -0.39 is 0 Å². The summed E-state index contributed by atoms with van der Waals surface area (Å²) in [5.41, 5.74) is 2.90. The second-order valence-electron chi connectivity index (χ2n) is 6.36. The van der Waals surface area contributed by atoms with E-state index in [-0.39, 0.29) is 17.0 Å². The van der Waals surface area contributed by atoms with Gasteiger partial charge in [0.2, 0.25) is 0 Å². The van der Waals surface area contributed by atoms with Crippen LogP contribution in [0.3, 0.4) is 0 Å². The third kappa shape index (κ3) is 4.08. The van der Waals surface area contributed by atoms with Gasteiger partial charge in [-0.2, -0.15) is 0 Å². The highest BCUT2D eigenvalue weighted by molar-refractivity contribution is 7.09. The Balaban J connectivity index is 1.81. The summed E-state index contributed by atoms with van der Waals surface area (Å²) in [5, 5.41) is 2.89. The van der Waals surface area contributed by atoms with Crippen LogP contribution in [0.25, 0.3) is 0 Å². The van der Waals surface area contributed by atoms with E-state index in [9.17, 15) is 9.59 Å². The van der Waals surface area contributed by atoms with Crippen LogP contribution in [0.1, 0.15) is 32.2 Å². The third-order valence-corrected chi connectivity index (χ3v) is 4.92. The van der Waals surface area contributed by atoms with E-state index in [1.54, 1.807) is 41.3 Å². The standard InChI is InChI=1S/C20H21N3O2S/c1-14-6-4-7-16(10-14)11-23-9-5-8-18(20(23)25)19(24)22(3)12-17-13-26-15(2)21-17/h4-10,13H,11-12H2,1-3H3. The number of rotatable bonds is 5. The highest BCUT2D eigenvalue weighted by Gasteiger charge is 2.17. The molecular formula is C20H21N3O2S. The maximum absolute atomic E-state index is 12.8. The lowest BCUT2D eigenvalue weighted by Gasteiger charge is -2.16. The molecule has 2 heterocycles. The highest BCUT2D eigenvalue weighted by atomic mass is 32.1. The van der Waals surface area contributed by atoms with Gasteiger partial charge in [-0.25, -0.2) is 4.98 Å². The summed E-state index contributed by atoms with van der Waals surface area (Å²) in [6, 6.07) is 11.3. The van der Waals surface area contributed by atoms with Crippen molar-refractivity contribution in [1.82, 2.24) is 14.5 Å². The molecular weight excluding hydrogens is 346 g/mol. The molecule has 0 spiro atoms. The topological polar surface area (TPSA) is 55.2 Å². The summed E-state index contributed by atoms with van der Waals surface area (Å²) in [7, 11) is 1.69. The SMILES string of the molecule is Cc1cccc(Cn2cccc(C(=O)N(C)Cc3csc(C)n3)c2=O)c1. The number of thiazole rings is 1. The zero-order chi connectivity index (χ0) is 18.7. The largest absolute Gasteiger partial charge is 0.336 e. The minimum absolute atomic E-state index is 0.176. The normalized spacial score (nSPS) is 10.7. The Kier molecular flexibility index (Phi) is 5.32. The van der Waals surface area contributed by atoms with Crippen molar-refractivity contribution in [3.8, 4) is 0 Å². The monoisotopic (exact) mass is 367 g/mol. The molecule has 3 aromatic rings. The van der Waals surface area contributed by atoms with Crippen molar-refractivity contribution in [2.75, 3.05) is 7.05 Å². The number of hydrogen-bond donors (Lipinski definition) is 0. The molecule has 3 rings (SSSR count). The van der Waals surface area contributed by atoms with Crippen LogP contribution in [0.15, 0.2) is 52.8 Å². The molecule has 0 bridgehead atoms. The Morgan fingerprint density at radius 3 is 2.73 bits per heavy atom. The zero-order valence-corrected chi connectivity index (χ0v) is 15.9. The lowest BCUT2D eigenvalue weighted by Crippen LogP contribution is -2.34. The summed E-state index contributed by atoms with van der Waals surface area (Å²) in [6.07, 6.45) is 1.71. The van der Waals surface area contributed by atoms with Crippen molar-refractivity contribution in [3.05, 3.63) is 85.7 Å². The van der Waals surface area contributed by atoms with E-state index >= 15 is 0 Å². The molecule has 5 nitrogen and oxygen atoms in total. The average molecular weight is 367 g/mol. The van der Waals surface area contributed by atoms with E-state index in [4.69, 9.17) is 0 Å². The van der Waals surface area contributed by atoms with Gasteiger partial charge in [0, 0.05) is 18.6 Å². The number of amides is 1. The van der Waals surface area contributed by atoms with Crippen molar-refractivity contribution in [2.24, 2.45) is 0 Å². The molecule has 6 heteroatoms. The first-order chi connectivity index (χ1) is 12.4. The van der Waals surface area contributed by atoms with Crippen LogP contribution in [0.4, 0.5) is 0 Å². The van der Waals surface area contributed by atoms with Gasteiger partial charge in [0.15, 0.2) is 0 Å². The molecule has 0 aliphatic heterocycles. The van der Waals surface area contributed by atoms with Gasteiger partial charge in [0.05, 0.1) is 23.8 Å². The van der Waals surface area contributed by atoms with Crippen LogP contribution >= 0.6 is 11.3 Å². The number of carbonyl (C=O) groups is 1. The van der Waals surface area contributed by atoms with Gasteiger partial charge < -0.3 is 9.47 Å². The van der Waals surface area contributed by atoms with Gasteiger partial charge in [-0.15, -0.1) is 11.3 Å². The smallest absolute Gasteiger partial charge is 0.263 e. The summed E-state index contributed by atoms with van der Waals surface area (Å²) in [6.45, 7) is 4.77. The lowest BCUT2D eigenvalue weighted by molar-refractivity contribution is 0.0781. The minimum Gasteiger partial charge on any atom is -0.336 e. The van der Waals surface area contributed by atoms with Crippen LogP contribution in [0, 0.1) is 13.8 Å². The number of hydrogen-bond acceptors (Lipinski definition) is 4. The summed E-state index contributed by atoms with van der Waals surface area (Å²) >= 11 is 1.55. The van der Waals surface area contributed by atoms with Gasteiger partial charge in [-0.1, -0.05) is 29.8 Å². The van der Waals surface area contributed by atoms with E-state index in [1.165, 1.54) is 4.90 Å². The molecule has 1 aromatic carbocycles. The quantitative estimate of drug-likeness (QED) is 0.696. The fourth-order valence-corrected chi connectivity index (χ4v) is 3.44. The van der Waals surface area contributed by atoms with Gasteiger partial charge in [-0.05, 0) is 31.5 Å². The Labute approximate surface area is 156 Å². The maximum Gasteiger partial charge on any atom is 0.263 e. The van der Waals surface area contributed by atoms with Crippen LogP contribution in [0.5, 0.6) is 0 Å². The minimum atomic E-state index is -0.292. The Hall–Kier alpha value is -2.73. The fourth-order valence-electron chi connectivity index (χ4n) is 2.83. The molecule has 0 radical (unpaired) electrons. The molecule has 0 aliphatic carbocycles. The van der Waals surface area contributed by atoms with Crippen molar-refractivity contribution >= 4 is 17.2 Å². The molecule has 0 N–H and O–H groups in total. The van der Waals surface area contributed by atoms with E-state index in [0.29, 0.717) is 13.1 Å². The van der Waals surface area contributed by atoms with Crippen molar-refractivity contribution < 1.29 is 4.79 Å². The third-order valence-electron chi connectivity index (χ3n) is 4.10. The molecule has 0 saturated carbocycles. The molecule has 0 atom stereocenters. The molecule has 0 unspecified atom stereocenters. The van der Waals surface area contributed by atoms with Gasteiger partial charge in [-0.3, -0.25) is 9.59 Å². The number of pyridine rings is 1. The number of carbonyl (C=O) groups excluding carboxylic acids is 1. The second-order valence-corrected chi connectivity index (χ2v) is 7.43. The van der Waals surface area contributed by atoms with Gasteiger partial charge in [0.1, 0.15) is 5.56 Å². The second kappa shape index (κ2) is 7.66. The average Bonchev–Trinajstić information content (AvgIpc) is 3.01. The zero-order valence-electron chi connectivity index (χ0n) is 15.1. The number of aromatic nitrogens is 2. The first-order valence-corrected chi connectivity index (χ1v) is 9.23. The predicted molar refractivity (Wildman–Crippen MR) is 104 cm³/mol. The number of nitrogens with zero attached hydrogens (tertiary/aromatic N) is 3. The van der Waals surface area contributed by atoms with Crippen LogP contribution in [0.2, 0.25) is 0 Å². The Morgan fingerprint density at radius 1 is 1.23 bits per heavy atom. The molecule has 2 aromatic heterocycles. The van der Waals surface area contributed by atoms with Crippen LogP contribution in [-0.4, -0.2) is 27.4 Å². The number of benzene rings is 1. The Morgan fingerprint density at radius 2 is 2.04 bits per heavy atom. The molecule has 0 saturated heterocycles. The lowest BCUT2D eigenvalue weighted by atomic mass is 10.1. The fraction of sp³-hybridized carbons (Fsp3) is 0.250. The van der Waals surface area contributed by atoms with E-state index in [0.717, 1.165) is 21.8 Å². The van der Waals surface area contributed by atoms with E-state index in [1.807, 2.05) is 43.5 Å². The summed E-state index contributed by atoms with van der Waals surface area (Å²) in [4.78, 5) is 31.4. The Bertz CT molecular complexity index is 990. The number of aryl methyl sites for hydroxylation is 2. The highest BCUT2D eigenvalue weighted by Crippen LogP contribution is 2.11. The summed E-state index contributed by atoms with van der Waals surface area (Å²) in [5.74, 6) is -0.292. The first kappa shape index (κ1) is 18.1. The molecule has 134 valence electrons. The van der Waals surface area contributed by atoms with Crippen molar-refractivity contribution in [2.45, 2.75) is 26.9 Å². The van der Waals surface area contributed by atoms with E-state index in [2.05, 4.69) is 4.98 Å².